The Morgan fingerprint density at radius 3 is 1.95 bits per heavy atom. The Balaban J connectivity index is 1.22. The number of rotatable bonds is 7. The molecular formula is C51H41F9N2O. The van der Waals surface area contributed by atoms with Crippen LogP contribution in [0, 0.1) is 22.9 Å². The van der Waals surface area contributed by atoms with Gasteiger partial charge in [0.1, 0.15) is 34.4 Å². The number of imidazole rings is 1. The highest BCUT2D eigenvalue weighted by Crippen LogP contribution is 2.60. The van der Waals surface area contributed by atoms with Crippen molar-refractivity contribution in [1.29, 1.82) is 0 Å². The smallest absolute Gasteiger partial charge is 0.403 e. The minimum Gasteiger partial charge on any atom is -0.455 e. The van der Waals surface area contributed by atoms with Crippen molar-refractivity contribution in [2.24, 2.45) is 5.41 Å². The number of furan rings is 1. The zero-order chi connectivity index (χ0) is 49.3. The molecule has 0 saturated heterocycles. The highest BCUT2D eigenvalue weighted by molar-refractivity contribution is 6.10. The summed E-state index contributed by atoms with van der Waals surface area (Å²) in [6.07, 6.45) is -15.6. The van der Waals surface area contributed by atoms with Crippen molar-refractivity contribution >= 4 is 33.0 Å². The molecule has 1 saturated carbocycles. The molecule has 1 aliphatic rings. The standard InChI is InChI=1S/C51H41F9N2O/c1-27(2)38-22-33(30-14-12-29(13-15-30)31-18-20-49(21-19-31,50(55,56)57)51(58,59)60)23-39(28(3)4)46(38)62-43-11-6-5-10-42(43)61-48(62)37-9-7-8-36-35-17-16-32(24-44(35)63-47(36)37)45-40(53)25-34(52)26-41(45)54/h5-17,22-28,31H,18-21H2,1-4H3/i14D,15D,27D,28D,31D. The van der Waals surface area contributed by atoms with E-state index in [0.717, 1.165) is 0 Å². The van der Waals surface area contributed by atoms with E-state index >= 15 is 0 Å². The molecule has 0 aliphatic heterocycles. The molecule has 2 heterocycles. The second-order valence-electron chi connectivity index (χ2n) is 16.5. The van der Waals surface area contributed by atoms with Gasteiger partial charge in [-0.05, 0) is 119 Å². The second-order valence-corrected chi connectivity index (χ2v) is 16.5. The van der Waals surface area contributed by atoms with Gasteiger partial charge < -0.3 is 4.42 Å². The van der Waals surface area contributed by atoms with E-state index in [2.05, 4.69) is 0 Å². The molecule has 324 valence electrons. The van der Waals surface area contributed by atoms with Gasteiger partial charge in [-0.1, -0.05) is 82.2 Å². The molecule has 8 aromatic rings. The third-order valence-electron chi connectivity index (χ3n) is 12.2. The molecule has 0 N–H and O–H groups in total. The van der Waals surface area contributed by atoms with Crippen molar-refractivity contribution in [2.45, 2.75) is 83.4 Å². The zero-order valence-corrected chi connectivity index (χ0v) is 34.3. The molecule has 6 aromatic carbocycles. The molecule has 0 unspecified atom stereocenters. The molecular weight excluding hydrogens is 828 g/mol. The van der Waals surface area contributed by atoms with Gasteiger partial charge in [0, 0.05) is 27.0 Å². The maximum atomic E-state index is 14.9. The van der Waals surface area contributed by atoms with E-state index in [1.807, 2.05) is 10.6 Å². The van der Waals surface area contributed by atoms with Gasteiger partial charge in [-0.3, -0.25) is 4.57 Å². The Labute approximate surface area is 364 Å². The van der Waals surface area contributed by atoms with Crippen molar-refractivity contribution in [3.05, 3.63) is 143 Å². The largest absolute Gasteiger partial charge is 0.455 e. The first-order valence-electron chi connectivity index (χ1n) is 22.7. The van der Waals surface area contributed by atoms with Gasteiger partial charge in [0.25, 0.3) is 0 Å². The van der Waals surface area contributed by atoms with E-state index in [1.165, 1.54) is 24.3 Å². The fourth-order valence-electron chi connectivity index (χ4n) is 8.91. The number of aromatic nitrogens is 2. The van der Waals surface area contributed by atoms with Crippen LogP contribution in [0.4, 0.5) is 39.5 Å². The van der Waals surface area contributed by atoms with Crippen LogP contribution in [0.3, 0.4) is 0 Å². The van der Waals surface area contributed by atoms with E-state index < -0.39 is 84.1 Å². The van der Waals surface area contributed by atoms with Gasteiger partial charge >= 0.3 is 12.4 Å². The maximum absolute atomic E-state index is 14.9. The predicted octanol–water partition coefficient (Wildman–Crippen LogP) is 16.4. The highest BCUT2D eigenvalue weighted by Gasteiger charge is 2.70. The lowest BCUT2D eigenvalue weighted by Gasteiger charge is -2.42. The molecule has 0 amide bonds. The summed E-state index contributed by atoms with van der Waals surface area (Å²) in [5.41, 5.74) is -0.877. The number of alkyl halides is 6. The van der Waals surface area contributed by atoms with Crippen LogP contribution in [0.25, 0.3) is 72.3 Å². The summed E-state index contributed by atoms with van der Waals surface area (Å²) >= 11 is 0. The molecule has 1 fully saturated rings. The Kier molecular flexibility index (Phi) is 8.88. The number of benzene rings is 6. The number of halogens is 9. The van der Waals surface area contributed by atoms with Gasteiger partial charge in [0.2, 0.25) is 0 Å². The van der Waals surface area contributed by atoms with Crippen LogP contribution in [0.5, 0.6) is 0 Å². The first kappa shape index (κ1) is 36.4. The minimum absolute atomic E-state index is 0.0122. The molecule has 0 atom stereocenters. The van der Waals surface area contributed by atoms with Crippen LogP contribution in [0.15, 0.2) is 114 Å². The van der Waals surface area contributed by atoms with Crippen molar-refractivity contribution in [2.75, 3.05) is 0 Å². The third-order valence-corrected chi connectivity index (χ3v) is 12.2. The summed E-state index contributed by atoms with van der Waals surface area (Å²) in [6, 6.07) is 23.3. The topological polar surface area (TPSA) is 31.0 Å². The van der Waals surface area contributed by atoms with Crippen LogP contribution in [0.1, 0.15) is 94.6 Å². The highest BCUT2D eigenvalue weighted by atomic mass is 19.4. The average molecular weight is 874 g/mol. The van der Waals surface area contributed by atoms with Crippen LogP contribution in [-0.2, 0) is 0 Å². The summed E-state index contributed by atoms with van der Waals surface area (Å²) in [5, 5.41) is 1.22. The maximum Gasteiger partial charge on any atom is 0.403 e. The summed E-state index contributed by atoms with van der Waals surface area (Å²) < 4.78 is 182. The summed E-state index contributed by atoms with van der Waals surface area (Å²) in [6.45, 7) is 6.50. The molecule has 9 rings (SSSR count). The molecule has 3 nitrogen and oxygen atoms in total. The average Bonchev–Trinajstić information content (AvgIpc) is 3.80. The van der Waals surface area contributed by atoms with Gasteiger partial charge in [-0.2, -0.15) is 26.3 Å². The van der Waals surface area contributed by atoms with E-state index in [-0.39, 0.29) is 39.9 Å². The second kappa shape index (κ2) is 15.3. The fourth-order valence-corrected chi connectivity index (χ4v) is 8.91. The Morgan fingerprint density at radius 1 is 0.730 bits per heavy atom. The minimum atomic E-state index is -5.59. The van der Waals surface area contributed by atoms with Gasteiger partial charge in [-0.25, -0.2) is 18.2 Å². The van der Waals surface area contributed by atoms with Gasteiger partial charge in [-0.15, -0.1) is 0 Å². The molecule has 0 radical (unpaired) electrons. The number of hydrogen-bond donors (Lipinski definition) is 0. The number of fused-ring (bicyclic) bond motifs is 4. The predicted molar refractivity (Wildman–Crippen MR) is 228 cm³/mol. The number of para-hydroxylation sites is 3. The zero-order valence-electron chi connectivity index (χ0n) is 39.3. The van der Waals surface area contributed by atoms with E-state index in [9.17, 15) is 42.3 Å². The normalized spacial score (nSPS) is 17.1. The van der Waals surface area contributed by atoms with Crippen LogP contribution >= 0.6 is 0 Å². The third kappa shape index (κ3) is 7.06. The van der Waals surface area contributed by atoms with Gasteiger partial charge in [0.15, 0.2) is 5.41 Å². The summed E-state index contributed by atoms with van der Waals surface area (Å²) in [4.78, 5) is 5.07. The molecule has 63 heavy (non-hydrogen) atoms. The lowest BCUT2D eigenvalue weighted by atomic mass is 9.68. The quantitative estimate of drug-likeness (QED) is 0.149. The van der Waals surface area contributed by atoms with E-state index in [1.54, 1.807) is 82.3 Å². The van der Waals surface area contributed by atoms with Gasteiger partial charge in [0.05, 0.1) is 30.6 Å². The Morgan fingerprint density at radius 2 is 1.35 bits per heavy atom. The fraction of sp³-hybridized carbons (Fsp3) is 0.275. The number of hydrogen-bond acceptors (Lipinski definition) is 2. The monoisotopic (exact) mass is 873 g/mol. The first-order chi connectivity index (χ1) is 31.6. The van der Waals surface area contributed by atoms with Crippen molar-refractivity contribution < 1.29 is 50.8 Å². The SMILES string of the molecule is [2H]c1cc(C2([2H])CCC(C(F)(F)F)(C(F)(F)F)CC2)cc([2H])c1-c1cc(C([2H])(C)C)c(-n2c(-c3cccc4c3oc3cc(-c5c(F)cc(F)cc5F)ccc34)nc3ccccc32)c(C([2H])(C)C)c1. The lowest BCUT2D eigenvalue weighted by Crippen LogP contribution is -2.51. The summed E-state index contributed by atoms with van der Waals surface area (Å²) in [5.74, 6) is -7.78. The number of nitrogens with zero attached hydrogens (tertiary/aromatic N) is 2. The molecule has 1 aliphatic carbocycles. The van der Waals surface area contributed by atoms with Crippen molar-refractivity contribution in [1.82, 2.24) is 9.55 Å². The van der Waals surface area contributed by atoms with Crippen LogP contribution in [-0.4, -0.2) is 21.9 Å². The Bertz CT molecular complexity index is 3240. The van der Waals surface area contributed by atoms with E-state index in [4.69, 9.17) is 13.5 Å². The molecule has 2 aromatic heterocycles. The van der Waals surface area contributed by atoms with E-state index in [0.29, 0.717) is 67.7 Å². The molecule has 12 heteroatoms. The lowest BCUT2D eigenvalue weighted by molar-refractivity contribution is -0.350. The van der Waals surface area contributed by atoms with Crippen molar-refractivity contribution in [3.8, 4) is 39.3 Å². The molecule has 0 spiro atoms. The molecule has 0 bridgehead atoms. The summed E-state index contributed by atoms with van der Waals surface area (Å²) in [7, 11) is 0. The van der Waals surface area contributed by atoms with Crippen molar-refractivity contribution in [3.63, 3.8) is 0 Å². The van der Waals surface area contributed by atoms with Crippen LogP contribution < -0.4 is 0 Å². The Hall–Kier alpha value is -6.04. The first-order valence-corrected chi connectivity index (χ1v) is 20.2. The van der Waals surface area contributed by atoms with Crippen LogP contribution in [0.2, 0.25) is 0 Å².